The van der Waals surface area contributed by atoms with Crippen LogP contribution in [0, 0.1) is 0 Å². The Kier molecular flexibility index (Phi) is 6.97. The molecule has 0 saturated carbocycles. The van der Waals surface area contributed by atoms with Gasteiger partial charge in [-0.1, -0.05) is 48.5 Å². The highest BCUT2D eigenvalue weighted by atomic mass is 16.3. The molecule has 0 unspecified atom stereocenters. The van der Waals surface area contributed by atoms with Crippen LogP contribution < -0.4 is 10.2 Å². The Bertz CT molecular complexity index is 1290. The number of carbonyl (C=O) groups excluding carboxylic acids is 1. The van der Waals surface area contributed by atoms with E-state index in [1.165, 1.54) is 0 Å². The molecular formula is C28H29N5O2. The molecule has 0 aliphatic carbocycles. The van der Waals surface area contributed by atoms with Gasteiger partial charge in [-0.05, 0) is 41.0 Å². The lowest BCUT2D eigenvalue weighted by Gasteiger charge is -2.34. The Morgan fingerprint density at radius 1 is 0.886 bits per heavy atom. The molecule has 1 aliphatic heterocycles. The Balaban J connectivity index is 1.27. The van der Waals surface area contributed by atoms with E-state index in [-0.39, 0.29) is 12.5 Å². The van der Waals surface area contributed by atoms with Crippen molar-refractivity contribution in [2.24, 2.45) is 0 Å². The fourth-order valence-corrected chi connectivity index (χ4v) is 4.41. The van der Waals surface area contributed by atoms with Gasteiger partial charge in [0.1, 0.15) is 5.82 Å². The zero-order valence-corrected chi connectivity index (χ0v) is 19.6. The summed E-state index contributed by atoms with van der Waals surface area (Å²) in [4.78, 5) is 26.4. The standard InChI is InChI=1S/C28H29N5O2/c34-17-16-32-12-14-33(15-13-32)27-20-29-25-11-8-23(19-26(25)31-27)22-6-9-24(10-7-22)30-28(35)18-21-4-2-1-3-5-21/h1-11,19-20,34H,12-18H2,(H,30,35). The summed E-state index contributed by atoms with van der Waals surface area (Å²) in [7, 11) is 0. The lowest BCUT2D eigenvalue weighted by Crippen LogP contribution is -2.47. The summed E-state index contributed by atoms with van der Waals surface area (Å²) in [6.45, 7) is 4.48. The monoisotopic (exact) mass is 467 g/mol. The van der Waals surface area contributed by atoms with Gasteiger partial charge in [-0.15, -0.1) is 0 Å². The summed E-state index contributed by atoms with van der Waals surface area (Å²) in [5.41, 5.74) is 5.60. The number of anilines is 2. The molecule has 0 bridgehead atoms. The predicted molar refractivity (Wildman–Crippen MR) is 139 cm³/mol. The molecule has 1 fully saturated rings. The highest BCUT2D eigenvalue weighted by Gasteiger charge is 2.18. The van der Waals surface area contributed by atoms with Crippen LogP contribution in [0.4, 0.5) is 11.5 Å². The van der Waals surface area contributed by atoms with E-state index in [1.807, 2.05) is 72.9 Å². The van der Waals surface area contributed by atoms with Crippen molar-refractivity contribution >= 4 is 28.4 Å². The van der Waals surface area contributed by atoms with E-state index >= 15 is 0 Å². The van der Waals surface area contributed by atoms with Crippen LogP contribution in [0.5, 0.6) is 0 Å². The predicted octanol–water partition coefficient (Wildman–Crippen LogP) is 3.59. The number of carbonyl (C=O) groups is 1. The van der Waals surface area contributed by atoms with Crippen LogP contribution in [0.15, 0.2) is 79.0 Å². The molecule has 4 aromatic rings. The van der Waals surface area contributed by atoms with Gasteiger partial charge in [0, 0.05) is 38.4 Å². The van der Waals surface area contributed by atoms with Crippen LogP contribution in [0.1, 0.15) is 5.56 Å². The van der Waals surface area contributed by atoms with Gasteiger partial charge < -0.3 is 15.3 Å². The van der Waals surface area contributed by atoms with E-state index in [9.17, 15) is 4.79 Å². The molecule has 7 nitrogen and oxygen atoms in total. The lowest BCUT2D eigenvalue weighted by molar-refractivity contribution is -0.115. The second-order valence-corrected chi connectivity index (χ2v) is 8.77. The average Bonchev–Trinajstić information content (AvgIpc) is 2.90. The molecule has 2 heterocycles. The van der Waals surface area contributed by atoms with Crippen molar-refractivity contribution < 1.29 is 9.90 Å². The SMILES string of the molecule is O=C(Cc1ccccc1)Nc1ccc(-c2ccc3ncc(N4CCN(CCO)CC4)nc3c2)cc1. The van der Waals surface area contributed by atoms with Crippen LogP contribution in [0.2, 0.25) is 0 Å². The fraction of sp³-hybridized carbons (Fsp3) is 0.250. The second-order valence-electron chi connectivity index (χ2n) is 8.77. The average molecular weight is 468 g/mol. The molecule has 1 saturated heterocycles. The van der Waals surface area contributed by atoms with Crippen molar-refractivity contribution in [3.05, 3.63) is 84.6 Å². The number of β-amino-alcohol motifs (C(OH)–C–C–N with tert-alkyl or cyclic N) is 1. The smallest absolute Gasteiger partial charge is 0.228 e. The first-order chi connectivity index (χ1) is 17.2. The van der Waals surface area contributed by atoms with Crippen molar-refractivity contribution in [1.29, 1.82) is 0 Å². The number of hydrogen-bond acceptors (Lipinski definition) is 6. The van der Waals surface area contributed by atoms with Crippen LogP contribution in [0.25, 0.3) is 22.2 Å². The molecular weight excluding hydrogens is 438 g/mol. The Morgan fingerprint density at radius 3 is 2.37 bits per heavy atom. The molecule has 0 spiro atoms. The van der Waals surface area contributed by atoms with Crippen LogP contribution in [-0.4, -0.2) is 65.2 Å². The first kappa shape index (κ1) is 23.0. The molecule has 2 N–H and O–H groups in total. The quantitative estimate of drug-likeness (QED) is 0.432. The number of aliphatic hydroxyl groups is 1. The molecule has 35 heavy (non-hydrogen) atoms. The van der Waals surface area contributed by atoms with Crippen molar-refractivity contribution in [1.82, 2.24) is 14.9 Å². The Hall–Kier alpha value is -3.81. The van der Waals surface area contributed by atoms with E-state index in [4.69, 9.17) is 10.1 Å². The molecule has 0 radical (unpaired) electrons. The van der Waals surface area contributed by atoms with Gasteiger partial charge in [-0.2, -0.15) is 0 Å². The van der Waals surface area contributed by atoms with Crippen LogP contribution in [-0.2, 0) is 11.2 Å². The summed E-state index contributed by atoms with van der Waals surface area (Å²) >= 11 is 0. The van der Waals surface area contributed by atoms with E-state index in [0.717, 1.165) is 72.0 Å². The largest absolute Gasteiger partial charge is 0.395 e. The topological polar surface area (TPSA) is 81.6 Å². The number of hydrogen-bond donors (Lipinski definition) is 2. The minimum absolute atomic E-state index is 0.0327. The summed E-state index contributed by atoms with van der Waals surface area (Å²) in [5, 5.41) is 12.1. The highest BCUT2D eigenvalue weighted by molar-refractivity contribution is 5.92. The highest BCUT2D eigenvalue weighted by Crippen LogP contribution is 2.26. The van der Waals surface area contributed by atoms with Gasteiger partial charge in [-0.3, -0.25) is 14.7 Å². The van der Waals surface area contributed by atoms with Crippen molar-refractivity contribution in [3.63, 3.8) is 0 Å². The minimum Gasteiger partial charge on any atom is -0.395 e. The summed E-state index contributed by atoms with van der Waals surface area (Å²) in [5.74, 6) is 0.851. The maximum absolute atomic E-state index is 12.4. The maximum atomic E-state index is 12.4. The Labute approximate surface area is 205 Å². The number of rotatable bonds is 7. The van der Waals surface area contributed by atoms with Crippen molar-refractivity contribution in [3.8, 4) is 11.1 Å². The number of nitrogens with zero attached hydrogens (tertiary/aromatic N) is 4. The van der Waals surface area contributed by atoms with E-state index in [1.54, 1.807) is 0 Å². The third kappa shape index (κ3) is 5.65. The fourth-order valence-electron chi connectivity index (χ4n) is 4.41. The first-order valence-electron chi connectivity index (χ1n) is 12.0. The molecule has 5 rings (SSSR count). The number of aromatic nitrogens is 2. The van der Waals surface area contributed by atoms with Gasteiger partial charge in [0.05, 0.1) is 30.3 Å². The minimum atomic E-state index is -0.0327. The third-order valence-corrected chi connectivity index (χ3v) is 6.35. The van der Waals surface area contributed by atoms with Gasteiger partial charge in [0.15, 0.2) is 0 Å². The molecule has 1 amide bonds. The van der Waals surface area contributed by atoms with E-state index < -0.39 is 0 Å². The number of aliphatic hydroxyl groups excluding tert-OH is 1. The van der Waals surface area contributed by atoms with E-state index in [0.29, 0.717) is 6.42 Å². The summed E-state index contributed by atoms with van der Waals surface area (Å²) < 4.78 is 0. The lowest BCUT2D eigenvalue weighted by atomic mass is 10.0. The van der Waals surface area contributed by atoms with Crippen molar-refractivity contribution in [2.45, 2.75) is 6.42 Å². The molecule has 178 valence electrons. The summed E-state index contributed by atoms with van der Waals surface area (Å²) in [6, 6.07) is 23.7. The first-order valence-corrected chi connectivity index (χ1v) is 12.0. The van der Waals surface area contributed by atoms with Crippen LogP contribution >= 0.6 is 0 Å². The number of nitrogens with one attached hydrogen (secondary N) is 1. The number of benzene rings is 3. The van der Waals surface area contributed by atoms with Crippen molar-refractivity contribution in [2.75, 3.05) is 49.5 Å². The number of fused-ring (bicyclic) bond motifs is 1. The van der Waals surface area contributed by atoms with Gasteiger partial charge in [0.25, 0.3) is 0 Å². The van der Waals surface area contributed by atoms with E-state index in [2.05, 4.69) is 26.2 Å². The normalized spacial score (nSPS) is 14.3. The van der Waals surface area contributed by atoms with Gasteiger partial charge in [0.2, 0.25) is 5.91 Å². The van der Waals surface area contributed by atoms with Crippen LogP contribution in [0.3, 0.4) is 0 Å². The molecule has 1 aromatic heterocycles. The molecule has 3 aromatic carbocycles. The zero-order chi connectivity index (χ0) is 24.0. The zero-order valence-electron chi connectivity index (χ0n) is 19.6. The molecule has 0 atom stereocenters. The second kappa shape index (κ2) is 10.6. The Morgan fingerprint density at radius 2 is 1.63 bits per heavy atom. The van der Waals surface area contributed by atoms with Gasteiger partial charge in [-0.25, -0.2) is 4.98 Å². The molecule has 7 heteroatoms. The third-order valence-electron chi connectivity index (χ3n) is 6.35. The summed E-state index contributed by atoms with van der Waals surface area (Å²) in [6.07, 6.45) is 2.20. The number of amides is 1. The molecule has 1 aliphatic rings. The van der Waals surface area contributed by atoms with Gasteiger partial charge >= 0.3 is 0 Å². The maximum Gasteiger partial charge on any atom is 0.228 e. The number of piperazine rings is 1.